The van der Waals surface area contributed by atoms with Gasteiger partial charge < -0.3 is 5.32 Å². The molecule has 1 amide bonds. The second kappa shape index (κ2) is 5.72. The number of aromatic nitrogens is 1. The van der Waals surface area contributed by atoms with E-state index in [1.165, 1.54) is 19.3 Å². The van der Waals surface area contributed by atoms with Gasteiger partial charge in [-0.05, 0) is 36.3 Å². The van der Waals surface area contributed by atoms with Crippen LogP contribution in [0, 0.1) is 11.3 Å². The highest BCUT2D eigenvalue weighted by Crippen LogP contribution is 2.38. The Morgan fingerprint density at radius 1 is 1.32 bits per heavy atom. The summed E-state index contributed by atoms with van der Waals surface area (Å²) in [7, 11) is 0. The second-order valence-corrected chi connectivity index (χ2v) is 6.58. The molecule has 3 nitrogen and oxygen atoms in total. The van der Waals surface area contributed by atoms with Gasteiger partial charge in [-0.2, -0.15) is 0 Å². The molecule has 3 heteroatoms. The maximum absolute atomic E-state index is 12.2. The Balaban J connectivity index is 2.06. The third-order valence-electron chi connectivity index (χ3n) is 4.12. The lowest BCUT2D eigenvalue weighted by molar-refractivity contribution is 0.0829. The molecular formula is C16H24N2O. The molecule has 1 aromatic heterocycles. The average molecular weight is 260 g/mol. The van der Waals surface area contributed by atoms with Gasteiger partial charge in [-0.1, -0.05) is 33.6 Å². The Kier molecular flexibility index (Phi) is 4.23. The van der Waals surface area contributed by atoms with Crippen molar-refractivity contribution < 1.29 is 4.79 Å². The maximum atomic E-state index is 12.2. The Bertz CT molecular complexity index is 422. The minimum Gasteiger partial charge on any atom is -0.349 e. The second-order valence-electron chi connectivity index (χ2n) is 6.58. The normalized spacial score (nSPS) is 23.9. The predicted molar refractivity (Wildman–Crippen MR) is 76.9 cm³/mol. The third kappa shape index (κ3) is 3.55. The fraction of sp³-hybridized carbons (Fsp3) is 0.625. The van der Waals surface area contributed by atoms with Gasteiger partial charge in [-0.25, -0.2) is 0 Å². The Hall–Kier alpha value is -1.38. The van der Waals surface area contributed by atoms with Crippen molar-refractivity contribution in [3.05, 3.63) is 30.1 Å². The summed E-state index contributed by atoms with van der Waals surface area (Å²) < 4.78 is 0. The Morgan fingerprint density at radius 3 is 2.68 bits per heavy atom. The zero-order chi connectivity index (χ0) is 13.9. The van der Waals surface area contributed by atoms with Crippen LogP contribution in [0.15, 0.2) is 24.5 Å². The summed E-state index contributed by atoms with van der Waals surface area (Å²) >= 11 is 0. The highest BCUT2D eigenvalue weighted by molar-refractivity contribution is 5.94. The van der Waals surface area contributed by atoms with Gasteiger partial charge >= 0.3 is 0 Å². The number of carbonyl (C=O) groups excluding carboxylic acids is 1. The maximum Gasteiger partial charge on any atom is 0.253 e. The molecule has 0 radical (unpaired) electrons. The van der Waals surface area contributed by atoms with Crippen molar-refractivity contribution in [1.82, 2.24) is 10.3 Å². The van der Waals surface area contributed by atoms with Crippen LogP contribution in [-0.4, -0.2) is 16.9 Å². The van der Waals surface area contributed by atoms with Gasteiger partial charge in [-0.3, -0.25) is 9.78 Å². The van der Waals surface area contributed by atoms with Crippen LogP contribution >= 0.6 is 0 Å². The molecule has 2 rings (SSSR count). The first-order valence-electron chi connectivity index (χ1n) is 7.19. The molecule has 1 aromatic rings. The summed E-state index contributed by atoms with van der Waals surface area (Å²) in [4.78, 5) is 16.2. The van der Waals surface area contributed by atoms with E-state index < -0.39 is 0 Å². The Labute approximate surface area is 115 Å². The van der Waals surface area contributed by atoms with Crippen molar-refractivity contribution in [2.24, 2.45) is 11.3 Å². The summed E-state index contributed by atoms with van der Waals surface area (Å²) in [5.74, 6) is 0.566. The van der Waals surface area contributed by atoms with Crippen molar-refractivity contribution in [1.29, 1.82) is 0 Å². The molecule has 0 aliphatic heterocycles. The fourth-order valence-corrected chi connectivity index (χ4v) is 3.09. The molecule has 0 spiro atoms. The molecule has 0 aromatic carbocycles. The highest BCUT2D eigenvalue weighted by Gasteiger charge is 2.34. The molecule has 0 unspecified atom stereocenters. The molecule has 1 aliphatic carbocycles. The highest BCUT2D eigenvalue weighted by atomic mass is 16.1. The van der Waals surface area contributed by atoms with Gasteiger partial charge in [0.15, 0.2) is 0 Å². The molecule has 0 bridgehead atoms. The van der Waals surface area contributed by atoms with Crippen molar-refractivity contribution in [3.8, 4) is 0 Å². The van der Waals surface area contributed by atoms with Gasteiger partial charge in [0.2, 0.25) is 0 Å². The average Bonchev–Trinajstić information content (AvgIpc) is 2.39. The van der Waals surface area contributed by atoms with Crippen LogP contribution < -0.4 is 5.32 Å². The van der Waals surface area contributed by atoms with Gasteiger partial charge in [0.05, 0.1) is 5.56 Å². The molecule has 1 fully saturated rings. The van der Waals surface area contributed by atoms with Crippen LogP contribution in [-0.2, 0) is 0 Å². The smallest absolute Gasteiger partial charge is 0.253 e. The number of nitrogens with one attached hydrogen (secondary N) is 1. The summed E-state index contributed by atoms with van der Waals surface area (Å²) in [6.07, 6.45) is 8.11. The van der Waals surface area contributed by atoms with E-state index in [1.54, 1.807) is 18.5 Å². The minimum atomic E-state index is 0.00856. The summed E-state index contributed by atoms with van der Waals surface area (Å²) in [6.45, 7) is 6.81. The molecule has 1 heterocycles. The number of carbonyl (C=O) groups is 1. The van der Waals surface area contributed by atoms with Gasteiger partial charge in [0, 0.05) is 18.4 Å². The predicted octanol–water partition coefficient (Wildman–Crippen LogP) is 3.42. The van der Waals surface area contributed by atoms with E-state index in [0.29, 0.717) is 17.5 Å². The van der Waals surface area contributed by atoms with E-state index in [4.69, 9.17) is 0 Å². The lowest BCUT2D eigenvalue weighted by Gasteiger charge is -2.40. The minimum absolute atomic E-state index is 0.00856. The molecule has 1 N–H and O–H groups in total. The van der Waals surface area contributed by atoms with Crippen molar-refractivity contribution in [2.75, 3.05) is 0 Å². The summed E-state index contributed by atoms with van der Waals surface area (Å²) in [6, 6.07) is 3.91. The number of hydrogen-bond donors (Lipinski definition) is 1. The lowest BCUT2D eigenvalue weighted by Crippen LogP contribution is -2.46. The topological polar surface area (TPSA) is 42.0 Å². The number of pyridine rings is 1. The fourth-order valence-electron chi connectivity index (χ4n) is 3.09. The van der Waals surface area contributed by atoms with Crippen molar-refractivity contribution in [3.63, 3.8) is 0 Å². The quantitative estimate of drug-likeness (QED) is 0.885. The number of amides is 1. The molecule has 1 saturated carbocycles. The van der Waals surface area contributed by atoms with E-state index in [0.717, 1.165) is 6.42 Å². The molecule has 104 valence electrons. The molecule has 0 saturated heterocycles. The van der Waals surface area contributed by atoms with Crippen LogP contribution in [0.4, 0.5) is 0 Å². The first-order chi connectivity index (χ1) is 8.98. The standard InChI is InChI=1S/C16H24N2O/c1-16(2,3)13-8-4-5-9-14(13)18-15(19)12-7-6-10-17-11-12/h6-7,10-11,13-14H,4-5,8-9H2,1-3H3,(H,18,19)/t13-,14-/m1/s1. The Morgan fingerprint density at radius 2 is 2.05 bits per heavy atom. The van der Waals surface area contributed by atoms with Gasteiger partial charge in [0.25, 0.3) is 5.91 Å². The van der Waals surface area contributed by atoms with E-state index >= 15 is 0 Å². The van der Waals surface area contributed by atoms with Crippen molar-refractivity contribution in [2.45, 2.75) is 52.5 Å². The number of rotatable bonds is 2. The van der Waals surface area contributed by atoms with Gasteiger partial charge in [-0.15, -0.1) is 0 Å². The zero-order valence-electron chi connectivity index (χ0n) is 12.1. The number of hydrogen-bond acceptors (Lipinski definition) is 2. The lowest BCUT2D eigenvalue weighted by atomic mass is 9.69. The SMILES string of the molecule is CC(C)(C)[C@@H]1CCCC[C@H]1NC(=O)c1cccnc1. The monoisotopic (exact) mass is 260 g/mol. The van der Waals surface area contributed by atoms with Crippen LogP contribution in [0.1, 0.15) is 56.8 Å². The largest absolute Gasteiger partial charge is 0.349 e. The van der Waals surface area contributed by atoms with Gasteiger partial charge in [0.1, 0.15) is 0 Å². The molecular weight excluding hydrogens is 236 g/mol. The van der Waals surface area contributed by atoms with E-state index in [9.17, 15) is 4.79 Å². The van der Waals surface area contributed by atoms with E-state index in [-0.39, 0.29) is 11.3 Å². The third-order valence-corrected chi connectivity index (χ3v) is 4.12. The van der Waals surface area contributed by atoms with Crippen LogP contribution in [0.25, 0.3) is 0 Å². The zero-order valence-corrected chi connectivity index (χ0v) is 12.1. The molecule has 2 atom stereocenters. The summed E-state index contributed by atoms with van der Waals surface area (Å²) in [5, 5.41) is 3.21. The first-order valence-corrected chi connectivity index (χ1v) is 7.19. The molecule has 1 aliphatic rings. The van der Waals surface area contributed by atoms with Crippen molar-refractivity contribution >= 4 is 5.91 Å². The van der Waals surface area contributed by atoms with E-state index in [2.05, 4.69) is 31.1 Å². The van der Waals surface area contributed by atoms with E-state index in [1.807, 2.05) is 6.07 Å². The summed E-state index contributed by atoms with van der Waals surface area (Å²) in [5.41, 5.74) is 0.897. The van der Waals surface area contributed by atoms with Crippen LogP contribution in [0.5, 0.6) is 0 Å². The van der Waals surface area contributed by atoms with Crippen LogP contribution in [0.2, 0.25) is 0 Å². The van der Waals surface area contributed by atoms with Crippen LogP contribution in [0.3, 0.4) is 0 Å². The molecule has 19 heavy (non-hydrogen) atoms. The number of nitrogens with zero attached hydrogens (tertiary/aromatic N) is 1. The first kappa shape index (κ1) is 14.0.